The number of imidazole rings is 1. The summed E-state index contributed by atoms with van der Waals surface area (Å²) >= 11 is 6.25. The summed E-state index contributed by atoms with van der Waals surface area (Å²) < 4.78 is 1.79. The molecule has 0 saturated heterocycles. The molecule has 3 rings (SSSR count). The number of para-hydroxylation sites is 1. The Bertz CT molecular complexity index is 623. The summed E-state index contributed by atoms with van der Waals surface area (Å²) in [6.07, 6.45) is 8.03. The minimum Gasteiger partial charge on any atom is -0.324 e. The van der Waals surface area contributed by atoms with E-state index in [4.69, 9.17) is 11.6 Å². The van der Waals surface area contributed by atoms with Gasteiger partial charge in [0.1, 0.15) is 0 Å². The van der Waals surface area contributed by atoms with Gasteiger partial charge in [-0.2, -0.15) is 0 Å². The van der Waals surface area contributed by atoms with Gasteiger partial charge in [-0.25, -0.2) is 4.98 Å². The molecule has 2 aromatic rings. The zero-order chi connectivity index (χ0) is 14.7. The van der Waals surface area contributed by atoms with E-state index in [1.165, 1.54) is 12.8 Å². The van der Waals surface area contributed by atoms with E-state index in [1.54, 1.807) is 29.4 Å². The van der Waals surface area contributed by atoms with Gasteiger partial charge in [0.2, 0.25) is 5.91 Å². The Morgan fingerprint density at radius 3 is 3.00 bits per heavy atom. The van der Waals surface area contributed by atoms with Crippen molar-refractivity contribution < 1.29 is 4.79 Å². The number of halogens is 1. The van der Waals surface area contributed by atoms with Gasteiger partial charge in [-0.05, 0) is 25.0 Å². The van der Waals surface area contributed by atoms with Gasteiger partial charge in [0, 0.05) is 31.4 Å². The number of rotatable bonds is 6. The Morgan fingerprint density at radius 2 is 2.29 bits per heavy atom. The van der Waals surface area contributed by atoms with Crippen LogP contribution in [-0.4, -0.2) is 28.0 Å². The number of nitrogens with zero attached hydrogens (tertiary/aromatic N) is 2. The fraction of sp³-hybridized carbons (Fsp3) is 0.333. The smallest absolute Gasteiger partial charge is 0.225 e. The maximum absolute atomic E-state index is 12.0. The van der Waals surface area contributed by atoms with Crippen molar-refractivity contribution in [3.63, 3.8) is 0 Å². The predicted molar refractivity (Wildman–Crippen MR) is 82.8 cm³/mol. The third-order valence-electron chi connectivity index (χ3n) is 3.39. The molecule has 0 unspecified atom stereocenters. The number of nitrogens with one attached hydrogen (secondary N) is 2. The molecule has 1 aliphatic carbocycles. The molecule has 2 N–H and O–H groups in total. The van der Waals surface area contributed by atoms with Crippen LogP contribution in [0.2, 0.25) is 5.02 Å². The molecule has 1 amide bonds. The summed E-state index contributed by atoms with van der Waals surface area (Å²) in [5, 5.41) is 6.82. The van der Waals surface area contributed by atoms with Gasteiger partial charge in [-0.1, -0.05) is 17.7 Å². The third kappa shape index (κ3) is 3.62. The van der Waals surface area contributed by atoms with Crippen LogP contribution < -0.4 is 10.6 Å². The maximum atomic E-state index is 12.0. The van der Waals surface area contributed by atoms with Gasteiger partial charge in [0.15, 0.2) is 0 Å². The summed E-state index contributed by atoms with van der Waals surface area (Å²) in [7, 11) is 0. The van der Waals surface area contributed by atoms with Crippen molar-refractivity contribution in [1.29, 1.82) is 0 Å². The second-order valence-corrected chi connectivity index (χ2v) is 5.54. The summed E-state index contributed by atoms with van der Waals surface area (Å²) in [6.45, 7) is 0.706. The number of hydrogen-bond donors (Lipinski definition) is 2. The van der Waals surface area contributed by atoms with Crippen LogP contribution in [0.3, 0.4) is 0 Å². The monoisotopic (exact) mass is 304 g/mol. The molecule has 1 aliphatic rings. The predicted octanol–water partition coefficient (Wildman–Crippen LogP) is 2.61. The third-order valence-corrected chi connectivity index (χ3v) is 3.69. The van der Waals surface area contributed by atoms with Gasteiger partial charge in [0.25, 0.3) is 0 Å². The van der Waals surface area contributed by atoms with E-state index in [9.17, 15) is 4.79 Å². The molecule has 1 saturated carbocycles. The minimum atomic E-state index is -0.0215. The van der Waals surface area contributed by atoms with Gasteiger partial charge < -0.3 is 15.2 Å². The second kappa shape index (κ2) is 6.28. The number of hydrogen-bond acceptors (Lipinski definition) is 3. The Kier molecular flexibility index (Phi) is 4.22. The Labute approximate surface area is 128 Å². The quantitative estimate of drug-likeness (QED) is 0.862. The lowest BCUT2D eigenvalue weighted by Crippen LogP contribution is -2.23. The molecule has 1 heterocycles. The van der Waals surface area contributed by atoms with Gasteiger partial charge >= 0.3 is 0 Å². The first-order valence-electron chi connectivity index (χ1n) is 7.04. The minimum absolute atomic E-state index is 0.0215. The lowest BCUT2D eigenvalue weighted by Gasteiger charge is -2.13. The van der Waals surface area contributed by atoms with Crippen LogP contribution in [0, 0.1) is 0 Å². The second-order valence-electron chi connectivity index (χ2n) is 5.13. The number of carbonyl (C=O) groups excluding carboxylic acids is 1. The van der Waals surface area contributed by atoms with Crippen LogP contribution in [0.15, 0.2) is 36.9 Å². The van der Waals surface area contributed by atoms with Gasteiger partial charge in [-0.15, -0.1) is 0 Å². The molecule has 21 heavy (non-hydrogen) atoms. The number of aromatic nitrogens is 2. The highest BCUT2D eigenvalue weighted by Crippen LogP contribution is 2.28. The zero-order valence-electron chi connectivity index (χ0n) is 11.6. The Balaban J connectivity index is 1.69. The first-order chi connectivity index (χ1) is 10.2. The molecular formula is C15H17ClN4O. The molecule has 6 heteroatoms. The fourth-order valence-corrected chi connectivity index (χ4v) is 2.43. The molecule has 110 valence electrons. The van der Waals surface area contributed by atoms with Crippen molar-refractivity contribution >= 4 is 23.2 Å². The average molecular weight is 305 g/mol. The van der Waals surface area contributed by atoms with Gasteiger partial charge in [-0.3, -0.25) is 4.79 Å². The van der Waals surface area contributed by atoms with E-state index in [2.05, 4.69) is 15.6 Å². The zero-order valence-corrected chi connectivity index (χ0v) is 12.3. The average Bonchev–Trinajstić information content (AvgIpc) is 3.12. The summed E-state index contributed by atoms with van der Waals surface area (Å²) in [5.41, 5.74) is 1.43. The number of benzene rings is 1. The van der Waals surface area contributed by atoms with E-state index >= 15 is 0 Å². The summed E-state index contributed by atoms with van der Waals surface area (Å²) in [5.74, 6) is -0.0215. The van der Waals surface area contributed by atoms with Crippen LogP contribution in [0.5, 0.6) is 0 Å². The first-order valence-corrected chi connectivity index (χ1v) is 7.42. The van der Waals surface area contributed by atoms with Crippen molar-refractivity contribution in [2.75, 3.05) is 11.9 Å². The maximum Gasteiger partial charge on any atom is 0.225 e. The number of anilines is 1. The van der Waals surface area contributed by atoms with E-state index in [0.29, 0.717) is 29.7 Å². The molecule has 5 nitrogen and oxygen atoms in total. The van der Waals surface area contributed by atoms with Crippen LogP contribution in [0.4, 0.5) is 5.69 Å². The van der Waals surface area contributed by atoms with Crippen LogP contribution in [-0.2, 0) is 4.79 Å². The molecule has 1 fully saturated rings. The number of carbonyl (C=O) groups is 1. The van der Waals surface area contributed by atoms with Crippen molar-refractivity contribution in [3.8, 4) is 5.69 Å². The lowest BCUT2D eigenvalue weighted by molar-refractivity contribution is -0.116. The van der Waals surface area contributed by atoms with Crippen molar-refractivity contribution in [3.05, 3.63) is 41.9 Å². The van der Waals surface area contributed by atoms with E-state index in [1.807, 2.05) is 12.1 Å². The topological polar surface area (TPSA) is 59.0 Å². The van der Waals surface area contributed by atoms with E-state index in [0.717, 1.165) is 5.69 Å². The highest BCUT2D eigenvalue weighted by molar-refractivity contribution is 6.33. The highest BCUT2D eigenvalue weighted by Gasteiger charge is 2.20. The fourth-order valence-electron chi connectivity index (χ4n) is 2.16. The van der Waals surface area contributed by atoms with Gasteiger partial charge in [0.05, 0.1) is 22.7 Å². The van der Waals surface area contributed by atoms with Crippen LogP contribution >= 0.6 is 11.6 Å². The van der Waals surface area contributed by atoms with E-state index in [-0.39, 0.29) is 5.91 Å². The molecule has 0 radical (unpaired) electrons. The summed E-state index contributed by atoms with van der Waals surface area (Å²) in [6, 6.07) is 6.07. The van der Waals surface area contributed by atoms with Crippen LogP contribution in [0.25, 0.3) is 5.69 Å². The molecular weight excluding hydrogens is 288 g/mol. The molecule has 0 aliphatic heterocycles. The van der Waals surface area contributed by atoms with Crippen molar-refractivity contribution in [1.82, 2.24) is 14.9 Å². The largest absolute Gasteiger partial charge is 0.324 e. The normalized spacial score (nSPS) is 14.1. The first kappa shape index (κ1) is 14.1. The van der Waals surface area contributed by atoms with Crippen molar-refractivity contribution in [2.45, 2.75) is 25.3 Å². The van der Waals surface area contributed by atoms with E-state index < -0.39 is 0 Å². The standard InChI is InChI=1S/C15H17ClN4O/c16-12-2-1-3-13(15(12)20-9-8-17-10-20)19-14(21)6-7-18-11-4-5-11/h1-3,8-11,18H,4-7H2,(H,19,21). The summed E-state index contributed by atoms with van der Waals surface area (Å²) in [4.78, 5) is 16.0. The molecule has 1 aromatic heterocycles. The molecule has 1 aromatic carbocycles. The highest BCUT2D eigenvalue weighted by atomic mass is 35.5. The SMILES string of the molecule is O=C(CCNC1CC1)Nc1cccc(Cl)c1-n1ccnc1. The molecule has 0 atom stereocenters. The lowest BCUT2D eigenvalue weighted by atomic mass is 10.2. The number of amides is 1. The Hall–Kier alpha value is -1.85. The Morgan fingerprint density at radius 1 is 1.43 bits per heavy atom. The molecule has 0 bridgehead atoms. The molecule has 0 spiro atoms. The van der Waals surface area contributed by atoms with Crippen molar-refractivity contribution in [2.24, 2.45) is 0 Å². The van der Waals surface area contributed by atoms with Crippen LogP contribution in [0.1, 0.15) is 19.3 Å².